The second-order valence-electron chi connectivity index (χ2n) is 6.07. The number of amides is 1. The average molecular weight is 363 g/mol. The average Bonchev–Trinajstić information content (AvgIpc) is 2.60. The van der Waals surface area contributed by atoms with Gasteiger partial charge in [-0.3, -0.25) is 0 Å². The van der Waals surface area contributed by atoms with Gasteiger partial charge in [-0.25, -0.2) is 17.6 Å². The van der Waals surface area contributed by atoms with E-state index in [1.807, 2.05) is 0 Å². The Morgan fingerprint density at radius 1 is 1.20 bits per heavy atom. The van der Waals surface area contributed by atoms with Gasteiger partial charge in [-0.2, -0.15) is 0 Å². The minimum absolute atomic E-state index is 0.0678. The van der Waals surface area contributed by atoms with E-state index >= 15 is 0 Å². The van der Waals surface area contributed by atoms with E-state index in [1.165, 1.54) is 18.2 Å². The first-order chi connectivity index (χ1) is 11.9. The Bertz CT molecular complexity index is 897. The maximum absolute atomic E-state index is 14.7. The molecule has 0 spiro atoms. The smallest absolute Gasteiger partial charge is 0.404 e. The standard InChI is InChI=1S/C18H18FNO4S/c19-16-10-15(25(23,24)14-7-2-1-3-8-14)9-12-5-4-6-13(17(12)16)11-20-18(21)22/h1-3,7-10,13,20H,4-6,11H2,(H,21,22)/t13-/m0/s1. The molecule has 1 amide bonds. The molecular formula is C18H18FNO4S. The van der Waals surface area contributed by atoms with E-state index in [1.54, 1.807) is 18.2 Å². The molecule has 132 valence electrons. The van der Waals surface area contributed by atoms with Gasteiger partial charge in [-0.05, 0) is 54.7 Å². The quantitative estimate of drug-likeness (QED) is 0.873. The van der Waals surface area contributed by atoms with Crippen molar-refractivity contribution in [2.45, 2.75) is 35.0 Å². The SMILES string of the molecule is O=C(O)NC[C@@H]1CCCc2cc(S(=O)(=O)c3ccccc3)cc(F)c21. The molecule has 0 radical (unpaired) electrons. The largest absolute Gasteiger partial charge is 0.465 e. The molecule has 0 heterocycles. The molecule has 1 aliphatic rings. The lowest BCUT2D eigenvalue weighted by Crippen LogP contribution is -2.29. The fourth-order valence-electron chi connectivity index (χ4n) is 3.30. The van der Waals surface area contributed by atoms with E-state index in [4.69, 9.17) is 5.11 Å². The van der Waals surface area contributed by atoms with Crippen molar-refractivity contribution >= 4 is 15.9 Å². The van der Waals surface area contributed by atoms with Crippen LogP contribution >= 0.6 is 0 Å². The molecule has 1 atom stereocenters. The van der Waals surface area contributed by atoms with Gasteiger partial charge in [0.1, 0.15) is 5.82 Å². The van der Waals surface area contributed by atoms with E-state index in [0.717, 1.165) is 12.5 Å². The highest BCUT2D eigenvalue weighted by molar-refractivity contribution is 7.91. The molecule has 7 heteroatoms. The third kappa shape index (κ3) is 3.51. The molecule has 3 rings (SSSR count). The van der Waals surface area contributed by atoms with E-state index in [9.17, 15) is 17.6 Å². The van der Waals surface area contributed by atoms with Crippen molar-refractivity contribution in [3.05, 3.63) is 59.4 Å². The number of hydrogen-bond acceptors (Lipinski definition) is 3. The van der Waals surface area contributed by atoms with Crippen LogP contribution in [0.2, 0.25) is 0 Å². The number of hydrogen-bond donors (Lipinski definition) is 2. The number of aryl methyl sites for hydroxylation is 1. The molecule has 0 bridgehead atoms. The van der Waals surface area contributed by atoms with Crippen LogP contribution in [0.5, 0.6) is 0 Å². The van der Waals surface area contributed by atoms with Crippen molar-refractivity contribution in [2.75, 3.05) is 6.54 Å². The zero-order valence-corrected chi connectivity index (χ0v) is 14.2. The second-order valence-corrected chi connectivity index (χ2v) is 8.02. The molecule has 0 fully saturated rings. The first kappa shape index (κ1) is 17.4. The maximum Gasteiger partial charge on any atom is 0.404 e. The molecule has 0 saturated heterocycles. The van der Waals surface area contributed by atoms with Crippen LogP contribution in [0.4, 0.5) is 9.18 Å². The fourth-order valence-corrected chi connectivity index (χ4v) is 4.64. The van der Waals surface area contributed by atoms with Gasteiger partial charge in [0.25, 0.3) is 0 Å². The number of benzene rings is 2. The van der Waals surface area contributed by atoms with E-state index < -0.39 is 21.7 Å². The van der Waals surface area contributed by atoms with Crippen molar-refractivity contribution < 1.29 is 22.7 Å². The lowest BCUT2D eigenvalue weighted by molar-refractivity contribution is 0.193. The van der Waals surface area contributed by atoms with Crippen LogP contribution in [0.3, 0.4) is 0 Å². The molecular weight excluding hydrogens is 345 g/mol. The fraction of sp³-hybridized carbons (Fsp3) is 0.278. The van der Waals surface area contributed by atoms with Crippen LogP contribution < -0.4 is 5.32 Å². The van der Waals surface area contributed by atoms with Crippen LogP contribution in [0.15, 0.2) is 52.3 Å². The Kier molecular flexibility index (Phi) is 4.76. The number of carbonyl (C=O) groups is 1. The Morgan fingerprint density at radius 2 is 1.92 bits per heavy atom. The minimum atomic E-state index is -3.79. The van der Waals surface area contributed by atoms with Crippen molar-refractivity contribution in [3.8, 4) is 0 Å². The summed E-state index contributed by atoms with van der Waals surface area (Å²) in [6, 6.07) is 10.5. The minimum Gasteiger partial charge on any atom is -0.465 e. The summed E-state index contributed by atoms with van der Waals surface area (Å²) in [6.45, 7) is 0.115. The molecule has 1 aliphatic carbocycles. The highest BCUT2D eigenvalue weighted by atomic mass is 32.2. The Labute approximate surface area is 145 Å². The summed E-state index contributed by atoms with van der Waals surface area (Å²) in [7, 11) is -3.79. The van der Waals surface area contributed by atoms with Gasteiger partial charge in [0.05, 0.1) is 9.79 Å². The molecule has 0 unspecified atom stereocenters. The van der Waals surface area contributed by atoms with Crippen LogP contribution in [0, 0.1) is 5.82 Å². The van der Waals surface area contributed by atoms with Crippen molar-refractivity contribution in [3.63, 3.8) is 0 Å². The zero-order valence-electron chi connectivity index (χ0n) is 13.4. The topological polar surface area (TPSA) is 83.5 Å². The molecule has 25 heavy (non-hydrogen) atoms. The van der Waals surface area contributed by atoms with Gasteiger partial charge < -0.3 is 10.4 Å². The van der Waals surface area contributed by atoms with Crippen molar-refractivity contribution in [1.82, 2.24) is 5.32 Å². The summed E-state index contributed by atoms with van der Waals surface area (Å²) in [5.41, 5.74) is 1.06. The molecule has 5 nitrogen and oxygen atoms in total. The molecule has 0 aliphatic heterocycles. The summed E-state index contributed by atoms with van der Waals surface area (Å²) >= 11 is 0. The normalized spacial score (nSPS) is 16.9. The van der Waals surface area contributed by atoms with Crippen LogP contribution in [0.25, 0.3) is 0 Å². The van der Waals surface area contributed by atoms with Gasteiger partial charge in [-0.15, -0.1) is 0 Å². The van der Waals surface area contributed by atoms with Crippen LogP contribution in [-0.4, -0.2) is 26.2 Å². The third-order valence-corrected chi connectivity index (χ3v) is 6.21. The van der Waals surface area contributed by atoms with Gasteiger partial charge in [0, 0.05) is 12.5 Å². The zero-order chi connectivity index (χ0) is 18.0. The maximum atomic E-state index is 14.7. The second kappa shape index (κ2) is 6.84. The summed E-state index contributed by atoms with van der Waals surface area (Å²) in [6.07, 6.45) is 0.840. The number of fused-ring (bicyclic) bond motifs is 1. The molecule has 0 aromatic heterocycles. The van der Waals surface area contributed by atoms with Gasteiger partial charge in [-0.1, -0.05) is 18.2 Å². The number of nitrogens with one attached hydrogen (secondary N) is 1. The monoisotopic (exact) mass is 363 g/mol. The predicted molar refractivity (Wildman–Crippen MR) is 90.0 cm³/mol. The first-order valence-corrected chi connectivity index (χ1v) is 9.47. The molecule has 2 aromatic rings. The van der Waals surface area contributed by atoms with Crippen LogP contribution in [-0.2, 0) is 16.3 Å². The predicted octanol–water partition coefficient (Wildman–Crippen LogP) is 3.35. The molecule has 2 aromatic carbocycles. The highest BCUT2D eigenvalue weighted by Crippen LogP contribution is 2.36. The van der Waals surface area contributed by atoms with Crippen molar-refractivity contribution in [1.29, 1.82) is 0 Å². The van der Waals surface area contributed by atoms with E-state index in [2.05, 4.69) is 5.32 Å². The first-order valence-electron chi connectivity index (χ1n) is 7.99. The highest BCUT2D eigenvalue weighted by Gasteiger charge is 2.28. The number of halogens is 1. The Hall–Kier alpha value is -2.41. The number of rotatable bonds is 4. The summed E-state index contributed by atoms with van der Waals surface area (Å²) in [4.78, 5) is 10.7. The lowest BCUT2D eigenvalue weighted by Gasteiger charge is -2.26. The Morgan fingerprint density at radius 3 is 2.60 bits per heavy atom. The Balaban J connectivity index is 2.01. The summed E-state index contributed by atoms with van der Waals surface area (Å²) in [5, 5.41) is 11.0. The van der Waals surface area contributed by atoms with Crippen molar-refractivity contribution in [2.24, 2.45) is 0 Å². The summed E-state index contributed by atoms with van der Waals surface area (Å²) < 4.78 is 40.1. The lowest BCUT2D eigenvalue weighted by atomic mass is 9.82. The number of carboxylic acid groups (broad SMARTS) is 1. The number of sulfone groups is 1. The van der Waals surface area contributed by atoms with Gasteiger partial charge in [0.15, 0.2) is 0 Å². The van der Waals surface area contributed by atoms with Gasteiger partial charge in [0.2, 0.25) is 9.84 Å². The third-order valence-electron chi connectivity index (χ3n) is 4.46. The summed E-state index contributed by atoms with van der Waals surface area (Å²) in [5.74, 6) is -0.878. The van der Waals surface area contributed by atoms with E-state index in [0.29, 0.717) is 24.0 Å². The van der Waals surface area contributed by atoms with E-state index in [-0.39, 0.29) is 22.3 Å². The molecule has 0 saturated carbocycles. The molecule has 2 N–H and O–H groups in total. The van der Waals surface area contributed by atoms with Gasteiger partial charge >= 0.3 is 6.09 Å². The van der Waals surface area contributed by atoms with Crippen LogP contribution in [0.1, 0.15) is 29.9 Å².